The molecule has 1 N–H and O–H groups in total. The molecule has 1 saturated heterocycles. The number of anilines is 1. The van der Waals surface area contributed by atoms with Crippen molar-refractivity contribution in [1.82, 2.24) is 30.0 Å². The second kappa shape index (κ2) is 7.73. The summed E-state index contributed by atoms with van der Waals surface area (Å²) >= 11 is 0. The van der Waals surface area contributed by atoms with Gasteiger partial charge in [-0.15, -0.1) is 0 Å². The summed E-state index contributed by atoms with van der Waals surface area (Å²) in [6.45, 7) is 1.05. The molecule has 0 aliphatic carbocycles. The van der Waals surface area contributed by atoms with E-state index in [0.29, 0.717) is 25.5 Å². The van der Waals surface area contributed by atoms with E-state index in [1.807, 2.05) is 18.1 Å². The molecule has 1 aliphatic rings. The molecule has 1 fully saturated rings. The Labute approximate surface area is 169 Å². The van der Waals surface area contributed by atoms with Crippen molar-refractivity contribution in [2.45, 2.75) is 18.6 Å². The van der Waals surface area contributed by atoms with Gasteiger partial charge in [0, 0.05) is 44.1 Å². The molecule has 1 aliphatic heterocycles. The Morgan fingerprint density at radius 2 is 2.07 bits per heavy atom. The Hall–Kier alpha value is -3.50. The molecular formula is C19H18F3N7O. The summed E-state index contributed by atoms with van der Waals surface area (Å²) < 4.78 is 40.1. The summed E-state index contributed by atoms with van der Waals surface area (Å²) in [5.41, 5.74) is 0.233. The first-order valence-corrected chi connectivity index (χ1v) is 9.22. The highest BCUT2D eigenvalue weighted by Gasteiger charge is 2.33. The number of nitrogens with zero attached hydrogens (tertiary/aromatic N) is 6. The molecule has 3 aromatic heterocycles. The highest BCUT2D eigenvalue weighted by molar-refractivity contribution is 5.92. The van der Waals surface area contributed by atoms with Crippen molar-refractivity contribution in [2.24, 2.45) is 7.05 Å². The van der Waals surface area contributed by atoms with E-state index in [2.05, 4.69) is 25.4 Å². The lowest BCUT2D eigenvalue weighted by atomic mass is 10.2. The molecule has 1 atom stereocenters. The maximum Gasteiger partial charge on any atom is 0.433 e. The number of halogens is 3. The minimum absolute atomic E-state index is 0.250. The topological polar surface area (TPSA) is 88.8 Å². The monoisotopic (exact) mass is 417 g/mol. The van der Waals surface area contributed by atoms with Crippen molar-refractivity contribution in [2.75, 3.05) is 18.0 Å². The van der Waals surface area contributed by atoms with Gasteiger partial charge in [-0.1, -0.05) is 6.07 Å². The molecule has 30 heavy (non-hydrogen) atoms. The second-order valence-corrected chi connectivity index (χ2v) is 6.96. The first-order chi connectivity index (χ1) is 14.3. The van der Waals surface area contributed by atoms with Crippen LogP contribution in [0.3, 0.4) is 0 Å². The fourth-order valence-corrected chi connectivity index (χ4v) is 3.25. The maximum absolute atomic E-state index is 12.8. The number of alkyl halides is 3. The Bertz CT molecular complexity index is 1070. The minimum Gasteiger partial charge on any atom is -0.346 e. The van der Waals surface area contributed by atoms with Gasteiger partial charge in [0.2, 0.25) is 5.95 Å². The normalized spacial score (nSPS) is 16.7. The zero-order valence-electron chi connectivity index (χ0n) is 16.0. The third kappa shape index (κ3) is 4.24. The van der Waals surface area contributed by atoms with Crippen LogP contribution in [0.2, 0.25) is 0 Å². The fraction of sp³-hybridized carbons (Fsp3) is 0.316. The summed E-state index contributed by atoms with van der Waals surface area (Å²) in [7, 11) is 1.82. The second-order valence-electron chi connectivity index (χ2n) is 6.96. The molecule has 8 nitrogen and oxygen atoms in total. The summed E-state index contributed by atoms with van der Waals surface area (Å²) in [5.74, 6) is -0.122. The number of hydrogen-bond donors (Lipinski definition) is 1. The highest BCUT2D eigenvalue weighted by Crippen LogP contribution is 2.27. The average Bonchev–Trinajstić information content (AvgIpc) is 3.37. The number of pyridine rings is 1. The predicted molar refractivity (Wildman–Crippen MR) is 102 cm³/mol. The number of carbonyl (C=O) groups excluding carboxylic acids is 1. The molecule has 4 heterocycles. The molecule has 0 radical (unpaired) electrons. The van der Waals surface area contributed by atoms with Gasteiger partial charge in [-0.05, 0) is 24.6 Å². The van der Waals surface area contributed by atoms with E-state index in [1.165, 1.54) is 12.1 Å². The summed E-state index contributed by atoms with van der Waals surface area (Å²) in [6.07, 6.45) is 1.23. The largest absolute Gasteiger partial charge is 0.433 e. The maximum atomic E-state index is 12.8. The predicted octanol–water partition coefficient (Wildman–Crippen LogP) is 2.30. The molecule has 3 aromatic rings. The Balaban J connectivity index is 1.42. The zero-order valence-corrected chi connectivity index (χ0v) is 16.0. The van der Waals surface area contributed by atoms with E-state index >= 15 is 0 Å². The average molecular weight is 417 g/mol. The number of amides is 1. The lowest BCUT2D eigenvalue weighted by Gasteiger charge is -2.17. The van der Waals surface area contributed by atoms with Crippen LogP contribution in [0.5, 0.6) is 0 Å². The smallest absolute Gasteiger partial charge is 0.346 e. The van der Waals surface area contributed by atoms with E-state index in [-0.39, 0.29) is 11.7 Å². The van der Waals surface area contributed by atoms with Crippen LogP contribution in [0.15, 0.2) is 42.9 Å². The van der Waals surface area contributed by atoms with Crippen LogP contribution in [-0.2, 0) is 13.2 Å². The van der Waals surface area contributed by atoms with Gasteiger partial charge in [-0.2, -0.15) is 18.3 Å². The van der Waals surface area contributed by atoms with E-state index < -0.39 is 17.8 Å². The van der Waals surface area contributed by atoms with Crippen molar-refractivity contribution < 1.29 is 18.0 Å². The SMILES string of the molecule is Cn1cc(-c2ccnc(N3CCC(NC(=O)c4cccc(C(F)(F)F)n4)C3)n2)cn1. The number of rotatable bonds is 4. The van der Waals surface area contributed by atoms with Gasteiger partial charge in [-0.25, -0.2) is 15.0 Å². The minimum atomic E-state index is -4.60. The number of carbonyl (C=O) groups is 1. The Kier molecular flexibility index (Phi) is 5.10. The Morgan fingerprint density at radius 1 is 1.23 bits per heavy atom. The van der Waals surface area contributed by atoms with Crippen LogP contribution in [0, 0.1) is 0 Å². The molecule has 0 aromatic carbocycles. The van der Waals surface area contributed by atoms with Crippen LogP contribution in [0.1, 0.15) is 22.6 Å². The van der Waals surface area contributed by atoms with Crippen molar-refractivity contribution in [3.05, 3.63) is 54.2 Å². The molecule has 4 rings (SSSR count). The molecule has 1 amide bonds. The number of aryl methyl sites for hydroxylation is 1. The van der Waals surface area contributed by atoms with Gasteiger partial charge in [0.25, 0.3) is 5.91 Å². The van der Waals surface area contributed by atoms with Gasteiger partial charge < -0.3 is 10.2 Å². The first kappa shape index (κ1) is 19.8. The summed E-state index contributed by atoms with van der Waals surface area (Å²) in [5, 5.41) is 6.88. The molecule has 156 valence electrons. The lowest BCUT2D eigenvalue weighted by molar-refractivity contribution is -0.141. The molecule has 0 spiro atoms. The van der Waals surface area contributed by atoms with Crippen LogP contribution in [-0.4, -0.2) is 49.8 Å². The molecular weight excluding hydrogens is 399 g/mol. The van der Waals surface area contributed by atoms with E-state index in [1.54, 1.807) is 23.1 Å². The van der Waals surface area contributed by atoms with Crippen LogP contribution in [0.4, 0.5) is 19.1 Å². The van der Waals surface area contributed by atoms with Gasteiger partial charge >= 0.3 is 6.18 Å². The number of nitrogens with one attached hydrogen (secondary N) is 1. The molecule has 11 heteroatoms. The zero-order chi connectivity index (χ0) is 21.3. The third-order valence-electron chi connectivity index (χ3n) is 4.72. The standard InChI is InChI=1S/C19H18F3N7O/c1-28-10-12(9-24-28)14-5-7-23-18(27-14)29-8-6-13(11-29)25-17(30)15-3-2-4-16(26-15)19(20,21)22/h2-5,7,9-10,13H,6,8,11H2,1H3,(H,25,30). The number of aromatic nitrogens is 5. The quantitative estimate of drug-likeness (QED) is 0.701. The van der Waals surface area contributed by atoms with Gasteiger partial charge in [0.15, 0.2) is 0 Å². The summed E-state index contributed by atoms with van der Waals surface area (Å²) in [4.78, 5) is 26.6. The lowest BCUT2D eigenvalue weighted by Crippen LogP contribution is -2.38. The van der Waals surface area contributed by atoms with E-state index in [4.69, 9.17) is 0 Å². The molecule has 0 saturated carbocycles. The van der Waals surface area contributed by atoms with Crippen molar-refractivity contribution in [3.63, 3.8) is 0 Å². The highest BCUT2D eigenvalue weighted by atomic mass is 19.4. The van der Waals surface area contributed by atoms with Gasteiger partial charge in [0.1, 0.15) is 11.4 Å². The summed E-state index contributed by atoms with van der Waals surface area (Å²) in [6, 6.07) is 4.80. The van der Waals surface area contributed by atoms with Crippen LogP contribution in [0.25, 0.3) is 11.3 Å². The van der Waals surface area contributed by atoms with Crippen LogP contribution >= 0.6 is 0 Å². The van der Waals surface area contributed by atoms with Crippen molar-refractivity contribution >= 4 is 11.9 Å². The van der Waals surface area contributed by atoms with Crippen LogP contribution < -0.4 is 10.2 Å². The van der Waals surface area contributed by atoms with E-state index in [9.17, 15) is 18.0 Å². The number of hydrogen-bond acceptors (Lipinski definition) is 6. The molecule has 1 unspecified atom stereocenters. The van der Waals surface area contributed by atoms with Gasteiger partial charge in [0.05, 0.1) is 11.9 Å². The van der Waals surface area contributed by atoms with Crippen molar-refractivity contribution in [3.8, 4) is 11.3 Å². The fourth-order valence-electron chi connectivity index (χ4n) is 3.25. The third-order valence-corrected chi connectivity index (χ3v) is 4.72. The Morgan fingerprint density at radius 3 is 2.80 bits per heavy atom. The molecule has 0 bridgehead atoms. The van der Waals surface area contributed by atoms with E-state index in [0.717, 1.165) is 17.3 Å². The van der Waals surface area contributed by atoms with Crippen molar-refractivity contribution in [1.29, 1.82) is 0 Å². The first-order valence-electron chi connectivity index (χ1n) is 9.22. The van der Waals surface area contributed by atoms with Gasteiger partial charge in [-0.3, -0.25) is 9.48 Å².